The van der Waals surface area contributed by atoms with Crippen LogP contribution in [0.15, 0.2) is 41.9 Å². The average Bonchev–Trinajstić information content (AvgIpc) is 2.65. The van der Waals surface area contributed by atoms with Gasteiger partial charge >= 0.3 is 0 Å². The maximum atomic E-state index is 5.89. The molecule has 138 valence electrons. The fourth-order valence-electron chi connectivity index (χ4n) is 2.53. The van der Waals surface area contributed by atoms with Crippen molar-refractivity contribution in [2.75, 3.05) is 52.5 Å². The summed E-state index contributed by atoms with van der Waals surface area (Å²) in [6.07, 6.45) is 1.82. The molecule has 0 saturated carbocycles. The molecular weight excluding hydrogens is 316 g/mol. The van der Waals surface area contributed by atoms with E-state index in [1.54, 1.807) is 0 Å². The minimum Gasteiger partial charge on any atom is -0.492 e. The summed E-state index contributed by atoms with van der Waals surface area (Å²) in [5, 5.41) is 6.42. The number of nitrogens with one attached hydrogen (secondary N) is 2. The van der Waals surface area contributed by atoms with Crippen LogP contribution in [0.25, 0.3) is 0 Å². The van der Waals surface area contributed by atoms with Gasteiger partial charge in [-0.2, -0.15) is 0 Å². The Labute approximate surface area is 150 Å². The Morgan fingerprint density at radius 1 is 1.36 bits per heavy atom. The summed E-state index contributed by atoms with van der Waals surface area (Å²) in [6.45, 7) is 13.1. The minimum atomic E-state index is 0.604. The van der Waals surface area contributed by atoms with Crippen molar-refractivity contribution in [3.8, 4) is 5.75 Å². The smallest absolute Gasteiger partial charge is 0.191 e. The highest BCUT2D eigenvalue weighted by Crippen LogP contribution is 2.14. The molecule has 0 aliphatic carbocycles. The standard InChI is InChI=1S/C19H30N4O2/c1-3-8-21-19(20-4-2)22-16-17-6-5-7-18(15-17)25-14-11-23-9-12-24-13-10-23/h3,5-7,15H,1,4,8-14,16H2,2H3,(H2,20,21,22). The lowest BCUT2D eigenvalue weighted by molar-refractivity contribution is 0.0322. The van der Waals surface area contributed by atoms with Crippen molar-refractivity contribution in [2.24, 2.45) is 4.99 Å². The van der Waals surface area contributed by atoms with E-state index in [0.717, 1.165) is 56.7 Å². The number of hydrogen-bond acceptors (Lipinski definition) is 4. The molecule has 0 amide bonds. The van der Waals surface area contributed by atoms with Gasteiger partial charge in [-0.3, -0.25) is 4.90 Å². The van der Waals surface area contributed by atoms with Crippen LogP contribution in [0.1, 0.15) is 12.5 Å². The van der Waals surface area contributed by atoms with Gasteiger partial charge in [0.15, 0.2) is 5.96 Å². The Balaban J connectivity index is 1.81. The van der Waals surface area contributed by atoms with Crippen LogP contribution in [0.2, 0.25) is 0 Å². The van der Waals surface area contributed by atoms with E-state index in [-0.39, 0.29) is 0 Å². The Kier molecular flexibility index (Phi) is 8.86. The van der Waals surface area contributed by atoms with E-state index >= 15 is 0 Å². The quantitative estimate of drug-likeness (QED) is 0.404. The molecule has 1 aromatic rings. The molecule has 1 aromatic carbocycles. The first-order valence-corrected chi connectivity index (χ1v) is 8.96. The molecule has 0 radical (unpaired) electrons. The molecule has 0 spiro atoms. The zero-order valence-corrected chi connectivity index (χ0v) is 15.2. The largest absolute Gasteiger partial charge is 0.492 e. The molecule has 0 atom stereocenters. The van der Waals surface area contributed by atoms with E-state index in [4.69, 9.17) is 9.47 Å². The van der Waals surface area contributed by atoms with Crippen molar-refractivity contribution in [3.63, 3.8) is 0 Å². The van der Waals surface area contributed by atoms with E-state index in [1.807, 2.05) is 25.1 Å². The van der Waals surface area contributed by atoms with Crippen LogP contribution in [0.5, 0.6) is 5.75 Å². The normalized spacial score (nSPS) is 15.6. The minimum absolute atomic E-state index is 0.604. The van der Waals surface area contributed by atoms with Crippen molar-refractivity contribution < 1.29 is 9.47 Å². The molecule has 2 rings (SSSR count). The van der Waals surface area contributed by atoms with Crippen LogP contribution >= 0.6 is 0 Å². The predicted molar refractivity (Wildman–Crippen MR) is 102 cm³/mol. The summed E-state index contributed by atoms with van der Waals surface area (Å²) in [6, 6.07) is 8.13. The molecule has 25 heavy (non-hydrogen) atoms. The number of rotatable bonds is 9. The summed E-state index contributed by atoms with van der Waals surface area (Å²) < 4.78 is 11.3. The van der Waals surface area contributed by atoms with E-state index in [1.165, 1.54) is 0 Å². The first kappa shape index (κ1) is 19.3. The number of nitrogens with zero attached hydrogens (tertiary/aromatic N) is 2. The van der Waals surface area contributed by atoms with Crippen molar-refractivity contribution >= 4 is 5.96 Å². The second-order valence-electron chi connectivity index (χ2n) is 5.81. The third-order valence-corrected chi connectivity index (χ3v) is 3.86. The summed E-state index contributed by atoms with van der Waals surface area (Å²) in [4.78, 5) is 6.95. The molecule has 1 saturated heterocycles. The van der Waals surface area contributed by atoms with E-state index < -0.39 is 0 Å². The third kappa shape index (κ3) is 7.58. The van der Waals surface area contributed by atoms with Crippen LogP contribution in [-0.4, -0.2) is 63.4 Å². The van der Waals surface area contributed by atoms with Crippen molar-refractivity contribution in [1.82, 2.24) is 15.5 Å². The third-order valence-electron chi connectivity index (χ3n) is 3.86. The summed E-state index contributed by atoms with van der Waals surface area (Å²) >= 11 is 0. The highest BCUT2D eigenvalue weighted by atomic mass is 16.5. The number of ether oxygens (including phenoxy) is 2. The van der Waals surface area contributed by atoms with Gasteiger partial charge in [-0.25, -0.2) is 4.99 Å². The zero-order chi connectivity index (χ0) is 17.7. The van der Waals surface area contributed by atoms with Gasteiger partial charge < -0.3 is 20.1 Å². The molecule has 1 fully saturated rings. The van der Waals surface area contributed by atoms with E-state index in [0.29, 0.717) is 19.7 Å². The molecule has 0 unspecified atom stereocenters. The fourth-order valence-corrected chi connectivity index (χ4v) is 2.53. The lowest BCUT2D eigenvalue weighted by atomic mass is 10.2. The summed E-state index contributed by atoms with van der Waals surface area (Å²) in [5.74, 6) is 1.69. The molecule has 1 aliphatic heterocycles. The van der Waals surface area contributed by atoms with Crippen LogP contribution < -0.4 is 15.4 Å². The molecule has 6 nitrogen and oxygen atoms in total. The molecule has 1 aliphatic rings. The second kappa shape index (κ2) is 11.5. The number of guanidine groups is 1. The van der Waals surface area contributed by atoms with Gasteiger partial charge in [-0.05, 0) is 24.6 Å². The maximum absolute atomic E-state index is 5.89. The van der Waals surface area contributed by atoms with E-state index in [2.05, 4.69) is 39.2 Å². The SMILES string of the molecule is C=CCNC(=NCc1cccc(OCCN2CCOCC2)c1)NCC. The van der Waals surface area contributed by atoms with Crippen LogP contribution in [-0.2, 0) is 11.3 Å². The van der Waals surface area contributed by atoms with Crippen molar-refractivity contribution in [3.05, 3.63) is 42.5 Å². The Hall–Kier alpha value is -2.05. The maximum Gasteiger partial charge on any atom is 0.191 e. The molecule has 0 bridgehead atoms. The number of benzene rings is 1. The lowest BCUT2D eigenvalue weighted by Gasteiger charge is -2.26. The Bertz CT molecular complexity index is 542. The summed E-state index contributed by atoms with van der Waals surface area (Å²) in [5.41, 5.74) is 1.12. The van der Waals surface area contributed by atoms with E-state index in [9.17, 15) is 0 Å². The highest BCUT2D eigenvalue weighted by molar-refractivity contribution is 5.79. The van der Waals surface area contributed by atoms with Crippen LogP contribution in [0.3, 0.4) is 0 Å². The first-order chi connectivity index (χ1) is 12.3. The molecule has 6 heteroatoms. The highest BCUT2D eigenvalue weighted by Gasteiger charge is 2.09. The van der Waals surface area contributed by atoms with Crippen molar-refractivity contribution in [2.45, 2.75) is 13.5 Å². The number of morpholine rings is 1. The number of hydrogen-bond donors (Lipinski definition) is 2. The molecule has 1 heterocycles. The average molecular weight is 346 g/mol. The number of aliphatic imine (C=N–C) groups is 1. The second-order valence-corrected chi connectivity index (χ2v) is 5.81. The molecular formula is C19H30N4O2. The van der Waals surface area contributed by atoms with Gasteiger partial charge in [0.25, 0.3) is 0 Å². The Morgan fingerprint density at radius 3 is 2.96 bits per heavy atom. The Morgan fingerprint density at radius 2 is 2.20 bits per heavy atom. The fraction of sp³-hybridized carbons (Fsp3) is 0.526. The monoisotopic (exact) mass is 346 g/mol. The van der Waals surface area contributed by atoms with Gasteiger partial charge in [-0.15, -0.1) is 6.58 Å². The van der Waals surface area contributed by atoms with Gasteiger partial charge in [0.05, 0.1) is 19.8 Å². The topological polar surface area (TPSA) is 58.1 Å². The first-order valence-electron chi connectivity index (χ1n) is 8.96. The molecule has 0 aromatic heterocycles. The summed E-state index contributed by atoms with van der Waals surface area (Å²) in [7, 11) is 0. The van der Waals surface area contributed by atoms with Gasteiger partial charge in [0.1, 0.15) is 12.4 Å². The van der Waals surface area contributed by atoms with Crippen molar-refractivity contribution in [1.29, 1.82) is 0 Å². The molecule has 2 N–H and O–H groups in total. The van der Waals surface area contributed by atoms with Crippen LogP contribution in [0.4, 0.5) is 0 Å². The van der Waals surface area contributed by atoms with Gasteiger partial charge in [0, 0.05) is 32.7 Å². The lowest BCUT2D eigenvalue weighted by Crippen LogP contribution is -2.38. The van der Waals surface area contributed by atoms with Crippen LogP contribution in [0, 0.1) is 0 Å². The van der Waals surface area contributed by atoms with Gasteiger partial charge in [0.2, 0.25) is 0 Å². The zero-order valence-electron chi connectivity index (χ0n) is 15.2. The van der Waals surface area contributed by atoms with Gasteiger partial charge in [-0.1, -0.05) is 18.2 Å². The predicted octanol–water partition coefficient (Wildman–Crippen LogP) is 1.64.